The highest BCUT2D eigenvalue weighted by Crippen LogP contribution is 2.32. The second kappa shape index (κ2) is 18.0. The van der Waals surface area contributed by atoms with Crippen LogP contribution in [0.2, 0.25) is 0 Å². The predicted molar refractivity (Wildman–Crippen MR) is 157 cm³/mol. The Morgan fingerprint density at radius 2 is 0.961 bits per heavy atom. The van der Waals surface area contributed by atoms with E-state index in [1.54, 1.807) is 0 Å². The molecule has 4 aliphatic rings. The number of amides is 2. The quantitative estimate of drug-likeness (QED) is 0.0881. The summed E-state index contributed by atoms with van der Waals surface area (Å²) in [7, 11) is 0. The summed E-state index contributed by atoms with van der Waals surface area (Å²) in [6.07, 6.45) is -31.1. The van der Waals surface area contributed by atoms with Crippen molar-refractivity contribution in [3.8, 4) is 0 Å². The summed E-state index contributed by atoms with van der Waals surface area (Å²) < 4.78 is 39.1. The van der Waals surface area contributed by atoms with Crippen LogP contribution in [0, 0.1) is 0 Å². The van der Waals surface area contributed by atoms with Crippen molar-refractivity contribution in [1.29, 1.82) is 0 Å². The number of carbonyl (C=O) groups is 2. The number of carbonyl (C=O) groups excluding carboxylic acids is 2. The molecule has 0 bridgehead atoms. The molecule has 0 saturated carbocycles. The second-order valence-electron chi connectivity index (χ2n) is 12.7. The largest absolute Gasteiger partial charge is 0.394 e. The van der Waals surface area contributed by atoms with Gasteiger partial charge in [-0.15, -0.1) is 0 Å². The topological polar surface area (TPSA) is 366 Å². The molecule has 296 valence electrons. The van der Waals surface area contributed by atoms with Gasteiger partial charge in [-0.3, -0.25) is 9.59 Å². The Labute approximate surface area is 289 Å². The summed E-state index contributed by atoms with van der Waals surface area (Å²) in [6, 6.07) is -2.94. The van der Waals surface area contributed by atoms with Crippen molar-refractivity contribution < 1.29 is 104 Å². The summed E-state index contributed by atoms with van der Waals surface area (Å²) in [5.41, 5.74) is 0. The highest BCUT2D eigenvalue weighted by atomic mass is 16.7. The van der Waals surface area contributed by atoms with Crippen molar-refractivity contribution in [2.45, 2.75) is 137 Å². The van der Waals surface area contributed by atoms with Gasteiger partial charge in [0.25, 0.3) is 0 Å². The monoisotopic (exact) mass is 748 g/mol. The molecule has 20 atom stereocenters. The van der Waals surface area contributed by atoms with E-state index in [1.807, 2.05) is 0 Å². The Kier molecular flexibility index (Phi) is 14.8. The minimum atomic E-state index is -1.98. The molecule has 23 heteroatoms. The third-order valence-corrected chi connectivity index (χ3v) is 8.99. The second-order valence-corrected chi connectivity index (χ2v) is 12.7. The maximum Gasteiger partial charge on any atom is 0.217 e. The molecule has 4 rings (SSSR count). The van der Waals surface area contributed by atoms with Crippen LogP contribution in [-0.2, 0) is 42.7 Å². The summed E-state index contributed by atoms with van der Waals surface area (Å²) in [5.74, 6) is -1.38. The molecule has 0 aromatic rings. The maximum atomic E-state index is 12.2. The lowest BCUT2D eigenvalue weighted by Gasteiger charge is -2.48. The minimum absolute atomic E-state index is 0.660. The van der Waals surface area contributed by atoms with Gasteiger partial charge >= 0.3 is 0 Å². The lowest BCUT2D eigenvalue weighted by Crippen LogP contribution is -2.68. The molecule has 23 nitrogen and oxygen atoms in total. The van der Waals surface area contributed by atoms with Gasteiger partial charge in [0.2, 0.25) is 11.8 Å². The van der Waals surface area contributed by atoms with Crippen LogP contribution < -0.4 is 10.6 Å². The first-order chi connectivity index (χ1) is 24.0. The van der Waals surface area contributed by atoms with Crippen molar-refractivity contribution in [1.82, 2.24) is 10.6 Å². The van der Waals surface area contributed by atoms with E-state index >= 15 is 0 Å². The van der Waals surface area contributed by atoms with Crippen LogP contribution in [0.3, 0.4) is 0 Å². The lowest BCUT2D eigenvalue weighted by atomic mass is 9.95. The average Bonchev–Trinajstić information content (AvgIpc) is 3.08. The van der Waals surface area contributed by atoms with Crippen molar-refractivity contribution in [3.63, 3.8) is 0 Å². The molecule has 4 aliphatic heterocycles. The SMILES string of the molecule is CC(=O)N[C@@H]1[C@@H](O)[C@H](O[C@@H]2O[C@H](CO[C@H]3O[C@H](CO)[C@@H](O)[C@H](O[C@@H]4O[C@H](CO)[C@H](O)[C@H](O)[C@H]4O)[C@H]3NC(C)=O)[C@H](O)[C@H](O)[C@H]2O)[C@@H](CO)O[C@H]1O. The first-order valence-corrected chi connectivity index (χ1v) is 16.1. The number of rotatable bonds is 12. The highest BCUT2D eigenvalue weighted by molar-refractivity contribution is 5.73. The summed E-state index contributed by atoms with van der Waals surface area (Å²) in [5, 5.41) is 129. The number of nitrogens with one attached hydrogen (secondary N) is 2. The van der Waals surface area contributed by atoms with Gasteiger partial charge in [0, 0.05) is 13.8 Å². The number of aliphatic hydroxyl groups is 12. The third kappa shape index (κ3) is 9.29. The van der Waals surface area contributed by atoms with Gasteiger partial charge in [-0.25, -0.2) is 0 Å². The van der Waals surface area contributed by atoms with E-state index in [-0.39, 0.29) is 0 Å². The fraction of sp³-hybridized carbons (Fsp3) is 0.929. The molecule has 0 radical (unpaired) electrons. The fourth-order valence-electron chi connectivity index (χ4n) is 6.25. The molecule has 0 aromatic carbocycles. The Balaban J connectivity index is 1.52. The van der Waals surface area contributed by atoms with Gasteiger partial charge < -0.3 is 105 Å². The molecule has 2 amide bonds. The van der Waals surface area contributed by atoms with Crippen LogP contribution in [0.15, 0.2) is 0 Å². The molecular weight excluding hydrogens is 700 g/mol. The van der Waals surface area contributed by atoms with Gasteiger partial charge in [0.05, 0.1) is 26.4 Å². The van der Waals surface area contributed by atoms with Crippen molar-refractivity contribution >= 4 is 11.8 Å². The van der Waals surface area contributed by atoms with E-state index in [2.05, 4.69) is 10.6 Å². The molecule has 51 heavy (non-hydrogen) atoms. The molecule has 14 N–H and O–H groups in total. The van der Waals surface area contributed by atoms with E-state index < -0.39 is 161 Å². The van der Waals surface area contributed by atoms with Gasteiger partial charge in [0.15, 0.2) is 25.2 Å². The Morgan fingerprint density at radius 3 is 1.49 bits per heavy atom. The van der Waals surface area contributed by atoms with Gasteiger partial charge in [-0.1, -0.05) is 0 Å². The summed E-state index contributed by atoms with van der Waals surface area (Å²) >= 11 is 0. The van der Waals surface area contributed by atoms with Crippen LogP contribution in [0.1, 0.15) is 13.8 Å². The van der Waals surface area contributed by atoms with E-state index in [9.17, 15) is 70.9 Å². The van der Waals surface area contributed by atoms with Gasteiger partial charge in [-0.05, 0) is 0 Å². The zero-order chi connectivity index (χ0) is 37.9. The molecule has 4 heterocycles. The molecule has 0 spiro atoms. The molecular formula is C28H48N2O21. The standard InChI is InChI=1S/C28H48N2O21/c1-7(34)29-13-18(39)23(11(5-33)46-25(13)44)50-28-22(43)20(41)16(37)12(49-28)6-45-26-14(30-8(2)35)24(17(38)10(4-32)47-26)51-27-21(42)19(40)15(36)9(3-31)48-27/h9-28,31-33,36-44H,3-6H2,1-2H3,(H,29,34)(H,30,35)/t9-,10-,11-,12-,13-,14-,15+,16+,17-,18-,19+,20+,21-,22-,23-,24-,25-,26+,27+,28+/m1/s1. The molecule has 4 saturated heterocycles. The third-order valence-electron chi connectivity index (χ3n) is 8.99. The Morgan fingerprint density at radius 1 is 0.510 bits per heavy atom. The molecule has 4 fully saturated rings. The first kappa shape index (κ1) is 41.9. The lowest BCUT2D eigenvalue weighted by molar-refractivity contribution is -0.359. The number of ether oxygens (including phenoxy) is 7. The predicted octanol–water partition coefficient (Wildman–Crippen LogP) is -9.46. The zero-order valence-electron chi connectivity index (χ0n) is 27.4. The Bertz CT molecular complexity index is 1140. The summed E-state index contributed by atoms with van der Waals surface area (Å²) in [6.45, 7) is -1.02. The van der Waals surface area contributed by atoms with Crippen molar-refractivity contribution in [2.75, 3.05) is 26.4 Å². The minimum Gasteiger partial charge on any atom is -0.394 e. The van der Waals surface area contributed by atoms with E-state index in [0.29, 0.717) is 0 Å². The molecule has 0 unspecified atom stereocenters. The van der Waals surface area contributed by atoms with Gasteiger partial charge in [0.1, 0.15) is 97.5 Å². The smallest absolute Gasteiger partial charge is 0.217 e. The van der Waals surface area contributed by atoms with Crippen LogP contribution >= 0.6 is 0 Å². The van der Waals surface area contributed by atoms with Gasteiger partial charge in [-0.2, -0.15) is 0 Å². The zero-order valence-corrected chi connectivity index (χ0v) is 27.4. The van der Waals surface area contributed by atoms with Crippen LogP contribution in [0.25, 0.3) is 0 Å². The van der Waals surface area contributed by atoms with Crippen LogP contribution in [0.5, 0.6) is 0 Å². The number of hydrogen-bond acceptors (Lipinski definition) is 21. The normalized spacial score (nSPS) is 47.8. The maximum absolute atomic E-state index is 12.2. The van der Waals surface area contributed by atoms with E-state index in [4.69, 9.17) is 33.2 Å². The number of aliphatic hydroxyl groups excluding tert-OH is 12. The first-order valence-electron chi connectivity index (χ1n) is 16.1. The number of hydrogen-bond donors (Lipinski definition) is 14. The van der Waals surface area contributed by atoms with Crippen LogP contribution in [0.4, 0.5) is 0 Å². The van der Waals surface area contributed by atoms with Crippen molar-refractivity contribution in [3.05, 3.63) is 0 Å². The summed E-state index contributed by atoms with van der Waals surface area (Å²) in [4.78, 5) is 23.9. The van der Waals surface area contributed by atoms with E-state index in [0.717, 1.165) is 13.8 Å². The average molecular weight is 749 g/mol. The molecule has 0 aromatic heterocycles. The highest BCUT2D eigenvalue weighted by Gasteiger charge is 2.54. The van der Waals surface area contributed by atoms with Crippen LogP contribution in [-0.4, -0.2) is 222 Å². The van der Waals surface area contributed by atoms with E-state index in [1.165, 1.54) is 0 Å². The molecule has 0 aliphatic carbocycles. The van der Waals surface area contributed by atoms with Crippen molar-refractivity contribution in [2.24, 2.45) is 0 Å². The fourth-order valence-corrected chi connectivity index (χ4v) is 6.25. The Hall–Kier alpha value is -1.82.